The van der Waals surface area contributed by atoms with Gasteiger partial charge in [-0.3, -0.25) is 4.79 Å². The van der Waals surface area contributed by atoms with Gasteiger partial charge in [0.15, 0.2) is 0 Å². The summed E-state index contributed by atoms with van der Waals surface area (Å²) in [5, 5.41) is 5.91. The summed E-state index contributed by atoms with van der Waals surface area (Å²) >= 11 is 3.39. The van der Waals surface area contributed by atoms with Gasteiger partial charge in [0.2, 0.25) is 0 Å². The van der Waals surface area contributed by atoms with Crippen LogP contribution in [0.4, 0.5) is 5.82 Å². The molecule has 1 aromatic carbocycles. The fourth-order valence-corrected chi connectivity index (χ4v) is 2.18. The average molecular weight is 348 g/mol. The number of nitrogens with one attached hydrogen (secondary N) is 2. The maximum absolute atomic E-state index is 12.2. The fourth-order valence-electron chi connectivity index (χ4n) is 1.91. The van der Waals surface area contributed by atoms with Crippen molar-refractivity contribution < 1.29 is 4.79 Å². The van der Waals surface area contributed by atoms with E-state index in [1.807, 2.05) is 37.3 Å². The zero-order valence-electron chi connectivity index (χ0n) is 12.1. The monoisotopic (exact) mass is 347 g/mol. The van der Waals surface area contributed by atoms with E-state index in [0.717, 1.165) is 22.2 Å². The first-order valence-electron chi connectivity index (χ1n) is 6.83. The first kappa shape index (κ1) is 15.5. The Labute approximate surface area is 133 Å². The van der Waals surface area contributed by atoms with E-state index < -0.39 is 0 Å². The summed E-state index contributed by atoms with van der Waals surface area (Å²) < 4.78 is 1.03. The van der Waals surface area contributed by atoms with Gasteiger partial charge in [-0.15, -0.1) is 0 Å². The van der Waals surface area contributed by atoms with Crippen LogP contribution in [0.1, 0.15) is 28.5 Å². The van der Waals surface area contributed by atoms with Crippen molar-refractivity contribution in [2.24, 2.45) is 0 Å². The Morgan fingerprint density at radius 2 is 1.95 bits per heavy atom. The van der Waals surface area contributed by atoms with Gasteiger partial charge in [-0.25, -0.2) is 4.98 Å². The highest BCUT2D eigenvalue weighted by molar-refractivity contribution is 9.10. The maximum Gasteiger partial charge on any atom is 0.251 e. The predicted octanol–water partition coefficient (Wildman–Crippen LogP) is 3.38. The van der Waals surface area contributed by atoms with Crippen molar-refractivity contribution in [3.63, 3.8) is 0 Å². The number of benzene rings is 1. The number of amides is 1. The summed E-state index contributed by atoms with van der Waals surface area (Å²) in [5.41, 5.74) is 2.59. The lowest BCUT2D eigenvalue weighted by Crippen LogP contribution is -2.23. The molecule has 0 radical (unpaired) electrons. The van der Waals surface area contributed by atoms with Gasteiger partial charge in [-0.05, 0) is 36.2 Å². The van der Waals surface area contributed by atoms with E-state index in [2.05, 4.69) is 31.5 Å². The number of rotatable bonds is 5. The molecule has 0 aliphatic rings. The van der Waals surface area contributed by atoms with E-state index in [4.69, 9.17) is 0 Å². The minimum absolute atomic E-state index is 0.0912. The van der Waals surface area contributed by atoms with Crippen LogP contribution in [0.2, 0.25) is 0 Å². The maximum atomic E-state index is 12.2. The quantitative estimate of drug-likeness (QED) is 0.871. The van der Waals surface area contributed by atoms with Crippen molar-refractivity contribution in [2.75, 3.05) is 12.4 Å². The second-order valence-electron chi connectivity index (χ2n) is 4.65. The highest BCUT2D eigenvalue weighted by atomic mass is 79.9. The Morgan fingerprint density at radius 3 is 2.57 bits per heavy atom. The molecule has 2 aromatic rings. The number of aromatic nitrogens is 1. The third kappa shape index (κ3) is 4.29. The number of aryl methyl sites for hydroxylation is 1. The molecule has 0 aliphatic heterocycles. The summed E-state index contributed by atoms with van der Waals surface area (Å²) in [4.78, 5) is 16.6. The first-order valence-corrected chi connectivity index (χ1v) is 7.63. The molecule has 0 saturated carbocycles. The molecule has 2 N–H and O–H groups in total. The van der Waals surface area contributed by atoms with Crippen LogP contribution in [0, 0.1) is 0 Å². The minimum Gasteiger partial charge on any atom is -0.373 e. The van der Waals surface area contributed by atoms with Crippen LogP contribution in [0.25, 0.3) is 0 Å². The van der Waals surface area contributed by atoms with Crippen LogP contribution in [0.3, 0.4) is 0 Å². The summed E-state index contributed by atoms with van der Waals surface area (Å²) in [6.07, 6.45) is 0.794. The van der Waals surface area contributed by atoms with Crippen LogP contribution >= 0.6 is 15.9 Å². The number of halogens is 1. The highest BCUT2D eigenvalue weighted by Crippen LogP contribution is 2.12. The van der Waals surface area contributed by atoms with Gasteiger partial charge in [0, 0.05) is 29.3 Å². The van der Waals surface area contributed by atoms with Gasteiger partial charge in [0.1, 0.15) is 5.82 Å². The van der Waals surface area contributed by atoms with Gasteiger partial charge in [0.25, 0.3) is 5.91 Å². The van der Waals surface area contributed by atoms with E-state index >= 15 is 0 Å². The molecule has 0 bridgehead atoms. The summed E-state index contributed by atoms with van der Waals surface area (Å²) in [6.45, 7) is 2.52. The zero-order valence-corrected chi connectivity index (χ0v) is 13.7. The van der Waals surface area contributed by atoms with Crippen molar-refractivity contribution in [2.45, 2.75) is 19.9 Å². The second-order valence-corrected chi connectivity index (χ2v) is 5.56. The third-order valence-electron chi connectivity index (χ3n) is 3.13. The normalized spacial score (nSPS) is 10.2. The lowest BCUT2D eigenvalue weighted by Gasteiger charge is -2.09. The van der Waals surface area contributed by atoms with Gasteiger partial charge >= 0.3 is 0 Å². The SMILES string of the molecule is CCc1cc(C(=O)NCc2ccc(Br)cc2)cc(NC)n1. The molecule has 0 atom stereocenters. The van der Waals surface area contributed by atoms with Crippen LogP contribution < -0.4 is 10.6 Å². The van der Waals surface area contributed by atoms with Crippen molar-refractivity contribution in [3.8, 4) is 0 Å². The predicted molar refractivity (Wildman–Crippen MR) is 88.5 cm³/mol. The summed E-state index contributed by atoms with van der Waals surface area (Å²) in [6, 6.07) is 11.5. The number of nitrogens with zero attached hydrogens (tertiary/aromatic N) is 1. The number of pyridine rings is 1. The Bertz CT molecular complexity index is 604. The smallest absolute Gasteiger partial charge is 0.251 e. The van der Waals surface area contributed by atoms with E-state index in [1.165, 1.54) is 0 Å². The van der Waals surface area contributed by atoms with Crippen LogP contribution in [-0.2, 0) is 13.0 Å². The molecule has 5 heteroatoms. The Hall–Kier alpha value is -1.88. The Balaban J connectivity index is 2.07. The number of carbonyl (C=O) groups excluding carboxylic acids is 1. The molecular weight excluding hydrogens is 330 g/mol. The Kier molecular flexibility index (Phi) is 5.33. The van der Waals surface area contributed by atoms with Gasteiger partial charge in [-0.1, -0.05) is 35.0 Å². The van der Waals surface area contributed by atoms with Gasteiger partial charge in [-0.2, -0.15) is 0 Å². The molecule has 0 unspecified atom stereocenters. The molecule has 0 spiro atoms. The number of hydrogen-bond acceptors (Lipinski definition) is 3. The molecule has 0 aliphatic carbocycles. The fraction of sp³-hybridized carbons (Fsp3) is 0.250. The van der Waals surface area contributed by atoms with Crippen molar-refractivity contribution in [3.05, 3.63) is 57.7 Å². The average Bonchev–Trinajstić information content (AvgIpc) is 2.53. The van der Waals surface area contributed by atoms with Crippen LogP contribution in [0.15, 0.2) is 40.9 Å². The molecular formula is C16H18BrN3O. The zero-order chi connectivity index (χ0) is 15.2. The summed E-state index contributed by atoms with van der Waals surface area (Å²) in [5.74, 6) is 0.620. The van der Waals surface area contributed by atoms with E-state index in [1.54, 1.807) is 13.1 Å². The van der Waals surface area contributed by atoms with E-state index in [9.17, 15) is 4.79 Å². The number of hydrogen-bond donors (Lipinski definition) is 2. The molecule has 2 rings (SSSR count). The summed E-state index contributed by atoms with van der Waals surface area (Å²) in [7, 11) is 1.80. The minimum atomic E-state index is -0.0912. The molecule has 1 aromatic heterocycles. The van der Waals surface area contributed by atoms with Crippen LogP contribution in [0.5, 0.6) is 0 Å². The van der Waals surface area contributed by atoms with Crippen LogP contribution in [-0.4, -0.2) is 17.9 Å². The molecule has 110 valence electrons. The highest BCUT2D eigenvalue weighted by Gasteiger charge is 2.09. The van der Waals surface area contributed by atoms with Crippen molar-refractivity contribution >= 4 is 27.7 Å². The molecule has 0 fully saturated rings. The Morgan fingerprint density at radius 1 is 1.24 bits per heavy atom. The molecule has 21 heavy (non-hydrogen) atoms. The lowest BCUT2D eigenvalue weighted by molar-refractivity contribution is 0.0950. The van der Waals surface area contributed by atoms with Gasteiger partial charge < -0.3 is 10.6 Å². The van der Waals surface area contributed by atoms with E-state index in [-0.39, 0.29) is 5.91 Å². The van der Waals surface area contributed by atoms with Crippen molar-refractivity contribution in [1.29, 1.82) is 0 Å². The largest absolute Gasteiger partial charge is 0.373 e. The molecule has 0 saturated heterocycles. The van der Waals surface area contributed by atoms with Gasteiger partial charge in [0.05, 0.1) is 0 Å². The van der Waals surface area contributed by atoms with E-state index in [0.29, 0.717) is 17.9 Å². The topological polar surface area (TPSA) is 54.0 Å². The molecule has 1 heterocycles. The second kappa shape index (κ2) is 7.22. The lowest BCUT2D eigenvalue weighted by atomic mass is 10.1. The third-order valence-corrected chi connectivity index (χ3v) is 3.65. The number of anilines is 1. The standard InChI is InChI=1S/C16H18BrN3O/c1-3-14-8-12(9-15(18-2)20-14)16(21)19-10-11-4-6-13(17)7-5-11/h4-9H,3,10H2,1-2H3,(H,18,20)(H,19,21). The van der Waals surface area contributed by atoms with Crippen molar-refractivity contribution in [1.82, 2.24) is 10.3 Å². The number of carbonyl (C=O) groups is 1. The molecule has 1 amide bonds. The molecule has 4 nitrogen and oxygen atoms in total. The first-order chi connectivity index (χ1) is 10.1.